The number of fused-ring (bicyclic) bond motifs is 1. The van der Waals surface area contributed by atoms with Crippen molar-refractivity contribution in [2.75, 3.05) is 13.1 Å². The SMILES string of the molecule is Cc1oc2c(CN3CCCCC3)c(O)ccc2c(=O)c1-c1ccc(Cl)cc1. The maximum Gasteiger partial charge on any atom is 0.200 e. The number of benzene rings is 2. The Balaban J connectivity index is 1.85. The second kappa shape index (κ2) is 7.37. The quantitative estimate of drug-likeness (QED) is 0.682. The molecule has 4 nitrogen and oxygen atoms in total. The Morgan fingerprint density at radius 1 is 1.07 bits per heavy atom. The van der Waals surface area contributed by atoms with E-state index in [2.05, 4.69) is 4.90 Å². The molecule has 2 aromatic carbocycles. The molecule has 0 bridgehead atoms. The van der Waals surface area contributed by atoms with Gasteiger partial charge in [-0.05, 0) is 62.7 Å². The van der Waals surface area contributed by atoms with E-state index in [9.17, 15) is 9.90 Å². The number of aromatic hydroxyl groups is 1. The first-order valence-corrected chi connectivity index (χ1v) is 9.69. The molecule has 5 heteroatoms. The summed E-state index contributed by atoms with van der Waals surface area (Å²) in [6, 6.07) is 10.4. The van der Waals surface area contributed by atoms with E-state index in [-0.39, 0.29) is 11.2 Å². The van der Waals surface area contributed by atoms with Gasteiger partial charge in [-0.3, -0.25) is 9.69 Å². The number of hydrogen-bond donors (Lipinski definition) is 1. The number of hydrogen-bond acceptors (Lipinski definition) is 4. The van der Waals surface area contributed by atoms with Crippen LogP contribution in [0.5, 0.6) is 5.75 Å². The van der Waals surface area contributed by atoms with Crippen LogP contribution in [0.25, 0.3) is 22.1 Å². The lowest BCUT2D eigenvalue weighted by Gasteiger charge is -2.27. The van der Waals surface area contributed by atoms with Gasteiger partial charge < -0.3 is 9.52 Å². The fourth-order valence-corrected chi connectivity index (χ4v) is 3.98. The molecular formula is C22H22ClNO3. The average Bonchev–Trinajstić information content (AvgIpc) is 2.66. The van der Waals surface area contributed by atoms with E-state index in [0.29, 0.717) is 39.4 Å². The van der Waals surface area contributed by atoms with Crippen molar-refractivity contribution in [1.82, 2.24) is 4.90 Å². The number of piperidine rings is 1. The Bertz CT molecular complexity index is 1030. The third-order valence-corrected chi connectivity index (χ3v) is 5.53. The molecule has 0 saturated carbocycles. The van der Waals surface area contributed by atoms with Gasteiger partial charge in [0.15, 0.2) is 0 Å². The number of halogens is 1. The third kappa shape index (κ3) is 3.47. The summed E-state index contributed by atoms with van der Waals surface area (Å²) in [7, 11) is 0. The molecule has 0 spiro atoms. The minimum Gasteiger partial charge on any atom is -0.507 e. The van der Waals surface area contributed by atoms with Gasteiger partial charge in [-0.1, -0.05) is 30.2 Å². The summed E-state index contributed by atoms with van der Waals surface area (Å²) in [5, 5.41) is 11.6. The fourth-order valence-electron chi connectivity index (χ4n) is 3.86. The molecule has 1 aliphatic heterocycles. The number of nitrogens with zero attached hydrogens (tertiary/aromatic N) is 1. The van der Waals surface area contributed by atoms with Crippen LogP contribution in [0.15, 0.2) is 45.6 Å². The summed E-state index contributed by atoms with van der Waals surface area (Å²) >= 11 is 5.97. The highest BCUT2D eigenvalue weighted by Gasteiger charge is 2.20. The highest BCUT2D eigenvalue weighted by Crippen LogP contribution is 2.32. The van der Waals surface area contributed by atoms with Gasteiger partial charge in [-0.2, -0.15) is 0 Å². The first kappa shape index (κ1) is 18.1. The number of rotatable bonds is 3. The maximum atomic E-state index is 13.2. The molecule has 4 rings (SSSR count). The van der Waals surface area contributed by atoms with Crippen molar-refractivity contribution in [3.05, 3.63) is 63.0 Å². The minimum atomic E-state index is -0.0871. The Morgan fingerprint density at radius 2 is 1.78 bits per heavy atom. The van der Waals surface area contributed by atoms with E-state index in [1.807, 2.05) is 12.1 Å². The lowest BCUT2D eigenvalue weighted by atomic mass is 10.0. The Morgan fingerprint density at radius 3 is 2.48 bits per heavy atom. The van der Waals surface area contributed by atoms with E-state index in [1.165, 1.54) is 6.42 Å². The Kier molecular flexibility index (Phi) is 4.94. The van der Waals surface area contributed by atoms with Crippen molar-refractivity contribution in [2.24, 2.45) is 0 Å². The van der Waals surface area contributed by atoms with Crippen LogP contribution in [-0.2, 0) is 6.54 Å². The van der Waals surface area contributed by atoms with Gasteiger partial charge >= 0.3 is 0 Å². The smallest absolute Gasteiger partial charge is 0.200 e. The minimum absolute atomic E-state index is 0.0871. The molecular weight excluding hydrogens is 362 g/mol. The largest absolute Gasteiger partial charge is 0.507 e. The molecule has 140 valence electrons. The predicted octanol–water partition coefficient (Wildman–Crippen LogP) is 5.11. The normalized spacial score (nSPS) is 15.3. The molecule has 1 N–H and O–H groups in total. The fraction of sp³-hybridized carbons (Fsp3) is 0.318. The van der Waals surface area contributed by atoms with Crippen molar-refractivity contribution in [3.63, 3.8) is 0 Å². The molecule has 2 heterocycles. The molecule has 27 heavy (non-hydrogen) atoms. The van der Waals surface area contributed by atoms with Crippen LogP contribution in [0.4, 0.5) is 0 Å². The zero-order valence-corrected chi connectivity index (χ0v) is 16.1. The highest BCUT2D eigenvalue weighted by atomic mass is 35.5. The van der Waals surface area contributed by atoms with Crippen LogP contribution in [0.2, 0.25) is 5.02 Å². The molecule has 1 aromatic heterocycles. The van der Waals surface area contributed by atoms with Crippen LogP contribution >= 0.6 is 11.6 Å². The van der Waals surface area contributed by atoms with Crippen LogP contribution in [-0.4, -0.2) is 23.1 Å². The van der Waals surface area contributed by atoms with Crippen LogP contribution < -0.4 is 5.43 Å². The third-order valence-electron chi connectivity index (χ3n) is 5.28. The van der Waals surface area contributed by atoms with Crippen LogP contribution in [0, 0.1) is 6.92 Å². The van der Waals surface area contributed by atoms with Gasteiger partial charge in [0.05, 0.1) is 16.5 Å². The summed E-state index contributed by atoms with van der Waals surface area (Å²) < 4.78 is 6.09. The number of aryl methyl sites for hydroxylation is 1. The van der Waals surface area contributed by atoms with Crippen molar-refractivity contribution >= 4 is 22.6 Å². The summed E-state index contributed by atoms with van der Waals surface area (Å²) in [6.45, 7) is 4.38. The van der Waals surface area contributed by atoms with Crippen LogP contribution in [0.3, 0.4) is 0 Å². The van der Waals surface area contributed by atoms with Crippen molar-refractivity contribution in [3.8, 4) is 16.9 Å². The predicted molar refractivity (Wildman–Crippen MR) is 108 cm³/mol. The van der Waals surface area contributed by atoms with E-state index in [1.54, 1.807) is 31.2 Å². The van der Waals surface area contributed by atoms with E-state index >= 15 is 0 Å². The molecule has 0 atom stereocenters. The van der Waals surface area contributed by atoms with E-state index in [4.69, 9.17) is 16.0 Å². The summed E-state index contributed by atoms with van der Waals surface area (Å²) in [5.74, 6) is 0.718. The molecule has 0 radical (unpaired) electrons. The summed E-state index contributed by atoms with van der Waals surface area (Å²) in [6.07, 6.45) is 3.57. The first-order chi connectivity index (χ1) is 13.0. The number of phenolic OH excluding ortho intramolecular Hbond substituents is 1. The average molecular weight is 384 g/mol. The molecule has 1 fully saturated rings. The topological polar surface area (TPSA) is 53.7 Å². The van der Waals surface area contributed by atoms with E-state index < -0.39 is 0 Å². The molecule has 3 aromatic rings. The van der Waals surface area contributed by atoms with Gasteiger partial charge in [0.25, 0.3) is 0 Å². The number of phenols is 1. The Hall–Kier alpha value is -2.30. The molecule has 0 unspecified atom stereocenters. The van der Waals surface area contributed by atoms with Gasteiger partial charge in [0.1, 0.15) is 17.1 Å². The van der Waals surface area contributed by atoms with Crippen molar-refractivity contribution in [1.29, 1.82) is 0 Å². The lowest BCUT2D eigenvalue weighted by molar-refractivity contribution is 0.218. The lowest BCUT2D eigenvalue weighted by Crippen LogP contribution is -2.29. The Labute approximate surface area is 163 Å². The maximum absolute atomic E-state index is 13.2. The standard InChI is InChI=1S/C22H22ClNO3/c1-14-20(15-5-7-16(23)8-6-15)21(26)17-9-10-19(25)18(22(17)27-14)13-24-11-3-2-4-12-24/h5-10,25H,2-4,11-13H2,1H3. The second-order valence-electron chi connectivity index (χ2n) is 7.15. The highest BCUT2D eigenvalue weighted by molar-refractivity contribution is 6.30. The van der Waals surface area contributed by atoms with Crippen molar-refractivity contribution < 1.29 is 9.52 Å². The monoisotopic (exact) mass is 383 g/mol. The molecule has 0 aliphatic carbocycles. The van der Waals surface area contributed by atoms with Crippen molar-refractivity contribution in [2.45, 2.75) is 32.7 Å². The van der Waals surface area contributed by atoms with Gasteiger partial charge in [0.2, 0.25) is 5.43 Å². The van der Waals surface area contributed by atoms with Gasteiger partial charge in [-0.25, -0.2) is 0 Å². The zero-order valence-electron chi connectivity index (χ0n) is 15.3. The molecule has 1 saturated heterocycles. The molecule has 1 aliphatic rings. The molecule has 0 amide bonds. The first-order valence-electron chi connectivity index (χ1n) is 9.31. The zero-order chi connectivity index (χ0) is 19.0. The van der Waals surface area contributed by atoms with Gasteiger partial charge in [0, 0.05) is 11.6 Å². The summed E-state index contributed by atoms with van der Waals surface area (Å²) in [5.41, 5.74) is 2.40. The van der Waals surface area contributed by atoms with E-state index in [0.717, 1.165) is 31.5 Å². The van der Waals surface area contributed by atoms with Crippen LogP contribution in [0.1, 0.15) is 30.6 Å². The summed E-state index contributed by atoms with van der Waals surface area (Å²) in [4.78, 5) is 15.5. The second-order valence-corrected chi connectivity index (χ2v) is 7.58. The number of likely N-dealkylation sites (tertiary alicyclic amines) is 1. The van der Waals surface area contributed by atoms with Gasteiger partial charge in [-0.15, -0.1) is 0 Å².